The Morgan fingerprint density at radius 3 is 2.72 bits per heavy atom. The first-order chi connectivity index (χ1) is 8.63. The van der Waals surface area contributed by atoms with Crippen molar-refractivity contribution < 1.29 is 8.78 Å². The molecule has 1 atom stereocenters. The third-order valence-corrected chi connectivity index (χ3v) is 2.69. The fourth-order valence-corrected chi connectivity index (χ4v) is 1.80. The molecular weight excluding hydrogens is 236 g/mol. The topological polar surface area (TPSA) is 50.9 Å². The SMILES string of the molecule is Cc1ccnc(C(NN)c2cccc(F)c2F)c1. The zero-order valence-corrected chi connectivity index (χ0v) is 9.82. The predicted octanol–water partition coefficient (Wildman–Crippen LogP) is 2.22. The summed E-state index contributed by atoms with van der Waals surface area (Å²) in [6.07, 6.45) is 1.60. The Kier molecular flexibility index (Phi) is 3.64. The molecular formula is C13H13F2N3. The van der Waals surface area contributed by atoms with E-state index in [1.807, 2.05) is 13.0 Å². The summed E-state index contributed by atoms with van der Waals surface area (Å²) in [5.41, 5.74) is 4.11. The Morgan fingerprint density at radius 2 is 2.06 bits per heavy atom. The molecule has 3 N–H and O–H groups in total. The van der Waals surface area contributed by atoms with Crippen molar-refractivity contribution in [3.05, 3.63) is 65.0 Å². The van der Waals surface area contributed by atoms with E-state index >= 15 is 0 Å². The van der Waals surface area contributed by atoms with Crippen LogP contribution in [0.2, 0.25) is 0 Å². The van der Waals surface area contributed by atoms with Crippen LogP contribution in [0.15, 0.2) is 36.5 Å². The molecule has 0 saturated carbocycles. The first-order valence-corrected chi connectivity index (χ1v) is 5.46. The molecule has 0 bridgehead atoms. The van der Waals surface area contributed by atoms with Gasteiger partial charge in [-0.05, 0) is 30.7 Å². The lowest BCUT2D eigenvalue weighted by molar-refractivity contribution is 0.481. The number of nitrogens with zero attached hydrogens (tertiary/aromatic N) is 1. The van der Waals surface area contributed by atoms with Crippen LogP contribution in [0.25, 0.3) is 0 Å². The zero-order chi connectivity index (χ0) is 13.1. The summed E-state index contributed by atoms with van der Waals surface area (Å²) in [5.74, 6) is 3.61. The van der Waals surface area contributed by atoms with Crippen molar-refractivity contribution in [2.45, 2.75) is 13.0 Å². The lowest BCUT2D eigenvalue weighted by Gasteiger charge is -2.17. The summed E-state index contributed by atoms with van der Waals surface area (Å²) in [6, 6.07) is 6.89. The van der Waals surface area contributed by atoms with Crippen molar-refractivity contribution in [3.8, 4) is 0 Å². The smallest absolute Gasteiger partial charge is 0.164 e. The quantitative estimate of drug-likeness (QED) is 0.647. The number of nitrogens with two attached hydrogens (primary N) is 1. The number of halogens is 2. The Morgan fingerprint density at radius 1 is 1.28 bits per heavy atom. The number of hydrazine groups is 1. The van der Waals surface area contributed by atoms with Gasteiger partial charge in [-0.3, -0.25) is 10.8 Å². The monoisotopic (exact) mass is 249 g/mol. The van der Waals surface area contributed by atoms with Crippen LogP contribution >= 0.6 is 0 Å². The van der Waals surface area contributed by atoms with Crippen molar-refractivity contribution in [1.29, 1.82) is 0 Å². The molecule has 0 radical (unpaired) electrons. The highest BCUT2D eigenvalue weighted by Crippen LogP contribution is 2.24. The average molecular weight is 249 g/mol. The van der Waals surface area contributed by atoms with Crippen LogP contribution in [0.4, 0.5) is 8.78 Å². The first-order valence-electron chi connectivity index (χ1n) is 5.46. The number of hydrogen-bond donors (Lipinski definition) is 2. The van der Waals surface area contributed by atoms with Gasteiger partial charge in [-0.25, -0.2) is 14.2 Å². The van der Waals surface area contributed by atoms with E-state index < -0.39 is 17.7 Å². The predicted molar refractivity (Wildman–Crippen MR) is 64.5 cm³/mol. The van der Waals surface area contributed by atoms with Crippen molar-refractivity contribution >= 4 is 0 Å². The first kappa shape index (κ1) is 12.6. The molecule has 0 spiro atoms. The van der Waals surface area contributed by atoms with Crippen LogP contribution in [0, 0.1) is 18.6 Å². The number of aromatic nitrogens is 1. The van der Waals surface area contributed by atoms with Crippen LogP contribution < -0.4 is 11.3 Å². The molecule has 0 amide bonds. The van der Waals surface area contributed by atoms with Gasteiger partial charge < -0.3 is 0 Å². The molecule has 2 rings (SSSR count). The number of pyridine rings is 1. The minimum atomic E-state index is -0.913. The molecule has 3 nitrogen and oxygen atoms in total. The van der Waals surface area contributed by atoms with Gasteiger partial charge in [-0.15, -0.1) is 0 Å². The molecule has 18 heavy (non-hydrogen) atoms. The van der Waals surface area contributed by atoms with Crippen LogP contribution in [0.1, 0.15) is 22.9 Å². The number of aryl methyl sites for hydroxylation is 1. The molecule has 94 valence electrons. The number of hydrogen-bond acceptors (Lipinski definition) is 3. The summed E-state index contributed by atoms with van der Waals surface area (Å²) < 4.78 is 26.9. The number of benzene rings is 1. The Bertz CT molecular complexity index is 558. The molecule has 0 aliphatic rings. The van der Waals surface area contributed by atoms with Crippen molar-refractivity contribution in [3.63, 3.8) is 0 Å². The van der Waals surface area contributed by atoms with E-state index in [2.05, 4.69) is 10.4 Å². The van der Waals surface area contributed by atoms with Gasteiger partial charge in [0.15, 0.2) is 11.6 Å². The van der Waals surface area contributed by atoms with Gasteiger partial charge in [0.05, 0.1) is 11.7 Å². The van der Waals surface area contributed by atoms with Crippen molar-refractivity contribution in [1.82, 2.24) is 10.4 Å². The fourth-order valence-electron chi connectivity index (χ4n) is 1.80. The molecule has 0 aliphatic carbocycles. The van der Waals surface area contributed by atoms with Crippen molar-refractivity contribution in [2.75, 3.05) is 0 Å². The maximum Gasteiger partial charge on any atom is 0.164 e. The van der Waals surface area contributed by atoms with E-state index in [4.69, 9.17) is 5.84 Å². The standard InChI is InChI=1S/C13H13F2N3/c1-8-5-6-17-11(7-8)13(18-16)9-3-2-4-10(14)12(9)15/h2-7,13,18H,16H2,1H3. The highest BCUT2D eigenvalue weighted by atomic mass is 19.2. The molecule has 0 saturated heterocycles. The van der Waals surface area contributed by atoms with E-state index in [1.165, 1.54) is 12.1 Å². The highest BCUT2D eigenvalue weighted by Gasteiger charge is 2.19. The van der Waals surface area contributed by atoms with Gasteiger partial charge in [0.2, 0.25) is 0 Å². The molecule has 1 aromatic carbocycles. The second-order valence-electron chi connectivity index (χ2n) is 4.00. The molecule has 5 heteroatoms. The Labute approximate surface area is 104 Å². The van der Waals surface area contributed by atoms with Gasteiger partial charge in [-0.2, -0.15) is 0 Å². The summed E-state index contributed by atoms with van der Waals surface area (Å²) in [5, 5.41) is 0. The zero-order valence-electron chi connectivity index (χ0n) is 9.82. The van der Waals surface area contributed by atoms with E-state index in [-0.39, 0.29) is 5.56 Å². The van der Waals surface area contributed by atoms with Gasteiger partial charge in [-0.1, -0.05) is 12.1 Å². The van der Waals surface area contributed by atoms with Crippen LogP contribution in [-0.4, -0.2) is 4.98 Å². The van der Waals surface area contributed by atoms with Crippen LogP contribution in [-0.2, 0) is 0 Å². The largest absolute Gasteiger partial charge is 0.271 e. The number of nitrogens with one attached hydrogen (secondary N) is 1. The summed E-state index contributed by atoms with van der Waals surface area (Å²) in [4.78, 5) is 4.13. The van der Waals surface area contributed by atoms with Gasteiger partial charge >= 0.3 is 0 Å². The van der Waals surface area contributed by atoms with E-state index in [1.54, 1.807) is 12.3 Å². The second kappa shape index (κ2) is 5.20. The maximum atomic E-state index is 13.7. The summed E-state index contributed by atoms with van der Waals surface area (Å²) in [6.45, 7) is 1.89. The molecule has 0 aliphatic heterocycles. The van der Waals surface area contributed by atoms with E-state index in [9.17, 15) is 8.78 Å². The maximum absolute atomic E-state index is 13.7. The van der Waals surface area contributed by atoms with E-state index in [0.29, 0.717) is 5.69 Å². The lowest BCUT2D eigenvalue weighted by atomic mass is 10.0. The Balaban J connectivity index is 2.49. The Hall–Kier alpha value is -1.85. The molecule has 1 aromatic heterocycles. The van der Waals surface area contributed by atoms with Gasteiger partial charge in [0, 0.05) is 11.8 Å². The molecule has 1 heterocycles. The molecule has 0 fully saturated rings. The highest BCUT2D eigenvalue weighted by molar-refractivity contribution is 5.31. The molecule has 2 aromatic rings. The third-order valence-electron chi connectivity index (χ3n) is 2.69. The normalized spacial score (nSPS) is 12.4. The minimum Gasteiger partial charge on any atom is -0.271 e. The van der Waals surface area contributed by atoms with Crippen molar-refractivity contribution in [2.24, 2.45) is 5.84 Å². The fraction of sp³-hybridized carbons (Fsp3) is 0.154. The second-order valence-corrected chi connectivity index (χ2v) is 4.00. The number of rotatable bonds is 3. The summed E-state index contributed by atoms with van der Waals surface area (Å²) in [7, 11) is 0. The molecule has 1 unspecified atom stereocenters. The van der Waals surface area contributed by atoms with Gasteiger partial charge in [0.1, 0.15) is 0 Å². The van der Waals surface area contributed by atoms with Crippen LogP contribution in [0.3, 0.4) is 0 Å². The third kappa shape index (κ3) is 2.37. The minimum absolute atomic E-state index is 0.135. The van der Waals surface area contributed by atoms with Gasteiger partial charge in [0.25, 0.3) is 0 Å². The van der Waals surface area contributed by atoms with Crippen LogP contribution in [0.5, 0.6) is 0 Å². The average Bonchev–Trinajstić information content (AvgIpc) is 2.35. The van der Waals surface area contributed by atoms with E-state index in [0.717, 1.165) is 11.6 Å². The lowest BCUT2D eigenvalue weighted by Crippen LogP contribution is -2.30. The summed E-state index contributed by atoms with van der Waals surface area (Å²) >= 11 is 0.